The average Bonchev–Trinajstić information content (AvgIpc) is 2.92. The van der Waals surface area contributed by atoms with Gasteiger partial charge in [-0.25, -0.2) is 0 Å². The van der Waals surface area contributed by atoms with E-state index in [0.717, 1.165) is 0 Å². The number of hydrogen-bond donors (Lipinski definition) is 0. The molecular formula is C30H25BN2. The van der Waals surface area contributed by atoms with E-state index >= 15 is 0 Å². The molecule has 5 rings (SSSR count). The van der Waals surface area contributed by atoms with Crippen molar-refractivity contribution in [3.63, 3.8) is 0 Å². The fraction of sp³-hybridized carbons (Fsp3) is 0. The lowest BCUT2D eigenvalue weighted by Gasteiger charge is -2.44. The van der Waals surface area contributed by atoms with Gasteiger partial charge in [-0.1, -0.05) is 140 Å². The Labute approximate surface area is 195 Å². The molecule has 0 aliphatic rings. The van der Waals surface area contributed by atoms with Gasteiger partial charge in [-0.15, -0.1) is 0 Å². The summed E-state index contributed by atoms with van der Waals surface area (Å²) in [5, 5.41) is 8.16. The molecule has 0 aliphatic heterocycles. The molecule has 0 atom stereocenters. The molecule has 5 aromatic rings. The average molecular weight is 424 g/mol. The monoisotopic (exact) mass is 424 g/mol. The van der Waals surface area contributed by atoms with Crippen LogP contribution in [-0.4, -0.2) is 6.15 Å². The molecule has 0 aliphatic carbocycles. The van der Waals surface area contributed by atoms with E-state index in [1.54, 1.807) is 12.1 Å². The van der Waals surface area contributed by atoms with Gasteiger partial charge in [0.25, 0.3) is 0 Å². The van der Waals surface area contributed by atoms with Crippen LogP contribution in [0.2, 0.25) is 0 Å². The maximum absolute atomic E-state index is 8.16. The van der Waals surface area contributed by atoms with Crippen molar-refractivity contribution >= 4 is 33.7 Å². The van der Waals surface area contributed by atoms with Crippen LogP contribution in [0.4, 0.5) is 5.69 Å². The predicted octanol–water partition coefficient (Wildman–Crippen LogP) is 5.24. The zero-order chi connectivity index (χ0) is 22.8. The van der Waals surface area contributed by atoms with Crippen LogP contribution < -0.4 is 21.9 Å². The van der Waals surface area contributed by atoms with E-state index < -0.39 is 6.15 Å². The van der Waals surface area contributed by atoms with E-state index in [4.69, 9.17) is 5.39 Å². The highest BCUT2D eigenvalue weighted by Crippen LogP contribution is 2.09. The van der Waals surface area contributed by atoms with Crippen LogP contribution in [0, 0.1) is 5.39 Å². The maximum Gasteiger partial charge on any atom is 0.385 e. The smallest absolute Gasteiger partial charge is 0.195 e. The molecule has 0 unspecified atom stereocenters. The van der Waals surface area contributed by atoms with Crippen molar-refractivity contribution < 1.29 is 0 Å². The van der Waals surface area contributed by atoms with Gasteiger partial charge in [0, 0.05) is 12.1 Å². The van der Waals surface area contributed by atoms with Crippen molar-refractivity contribution in [1.29, 1.82) is 5.39 Å². The summed E-state index contributed by atoms with van der Waals surface area (Å²) in [4.78, 5) is 2.97. The number of diazo groups is 1. The SMILES string of the molecule is N#[N+]c1ccccc1.c1ccc([B-](c2ccccc2)(c2ccccc2)c2ccccc2)cc1. The molecule has 0 bridgehead atoms. The van der Waals surface area contributed by atoms with Gasteiger partial charge >= 0.3 is 5.69 Å². The lowest BCUT2D eigenvalue weighted by atomic mass is 9.13. The molecule has 3 heteroatoms. The first kappa shape index (κ1) is 21.8. The first-order valence-electron chi connectivity index (χ1n) is 11.1. The first-order chi connectivity index (χ1) is 16.4. The van der Waals surface area contributed by atoms with Gasteiger partial charge in [-0.3, -0.25) is 0 Å². The fourth-order valence-electron chi connectivity index (χ4n) is 4.62. The Morgan fingerprint density at radius 2 is 0.606 bits per heavy atom. The largest absolute Gasteiger partial charge is 0.385 e. The van der Waals surface area contributed by atoms with E-state index in [9.17, 15) is 0 Å². The topological polar surface area (TPSA) is 28.1 Å². The lowest BCUT2D eigenvalue weighted by Crippen LogP contribution is -2.74. The van der Waals surface area contributed by atoms with Crippen molar-refractivity contribution in [2.24, 2.45) is 0 Å². The summed E-state index contributed by atoms with van der Waals surface area (Å²) in [7, 11) is 0. The van der Waals surface area contributed by atoms with E-state index in [0.29, 0.717) is 5.69 Å². The summed E-state index contributed by atoms with van der Waals surface area (Å²) < 4.78 is 0. The fourth-order valence-corrected chi connectivity index (χ4v) is 4.62. The normalized spacial score (nSPS) is 10.4. The highest BCUT2D eigenvalue weighted by molar-refractivity contribution is 7.19. The van der Waals surface area contributed by atoms with Gasteiger partial charge < -0.3 is 0 Å². The summed E-state index contributed by atoms with van der Waals surface area (Å²) in [5.74, 6) is 0. The molecule has 158 valence electrons. The summed E-state index contributed by atoms with van der Waals surface area (Å²) in [6.45, 7) is 0. The molecule has 0 heterocycles. The van der Waals surface area contributed by atoms with Gasteiger partial charge in [0.15, 0.2) is 4.98 Å². The second-order valence-corrected chi connectivity index (χ2v) is 7.94. The molecule has 0 saturated carbocycles. The van der Waals surface area contributed by atoms with Crippen LogP contribution in [0.15, 0.2) is 152 Å². The standard InChI is InChI=1S/C24H20B.C6H5N2/c1-5-13-21(14-6-1)25(22-15-7-2-8-16-22,23-17-9-3-10-18-23)24-19-11-4-12-20-24;7-8-6-4-2-1-3-5-6/h1-20H;1-5H/q-1;+1. The zero-order valence-electron chi connectivity index (χ0n) is 18.4. The number of nitrogens with zero attached hydrogens (tertiary/aromatic N) is 2. The molecule has 0 spiro atoms. The first-order valence-corrected chi connectivity index (χ1v) is 11.1. The van der Waals surface area contributed by atoms with Crippen molar-refractivity contribution in [3.05, 3.63) is 157 Å². The van der Waals surface area contributed by atoms with Crippen LogP contribution in [0.25, 0.3) is 4.98 Å². The molecule has 33 heavy (non-hydrogen) atoms. The maximum atomic E-state index is 8.16. The van der Waals surface area contributed by atoms with Gasteiger partial charge in [0.1, 0.15) is 6.15 Å². The van der Waals surface area contributed by atoms with E-state index in [-0.39, 0.29) is 0 Å². The van der Waals surface area contributed by atoms with E-state index in [1.165, 1.54) is 21.9 Å². The third-order valence-corrected chi connectivity index (χ3v) is 6.07. The quantitative estimate of drug-likeness (QED) is 0.287. The third kappa shape index (κ3) is 4.76. The van der Waals surface area contributed by atoms with Crippen LogP contribution in [0.1, 0.15) is 0 Å². The van der Waals surface area contributed by atoms with Gasteiger partial charge in [-0.05, 0) is 0 Å². The molecule has 0 saturated heterocycles. The zero-order valence-corrected chi connectivity index (χ0v) is 18.4. The van der Waals surface area contributed by atoms with Crippen LogP contribution in [0.5, 0.6) is 0 Å². The molecule has 0 amide bonds. The second-order valence-electron chi connectivity index (χ2n) is 7.94. The number of hydrogen-bond acceptors (Lipinski definition) is 1. The molecule has 0 N–H and O–H groups in total. The molecule has 0 radical (unpaired) electrons. The number of benzene rings is 5. The second kappa shape index (κ2) is 10.8. The summed E-state index contributed by atoms with van der Waals surface area (Å²) in [6.07, 6.45) is -1.22. The van der Waals surface area contributed by atoms with Crippen molar-refractivity contribution in [2.45, 2.75) is 0 Å². The Morgan fingerprint density at radius 1 is 0.364 bits per heavy atom. The number of rotatable bonds is 4. The summed E-state index contributed by atoms with van der Waals surface area (Å²) in [6, 6.07) is 52.5. The highest BCUT2D eigenvalue weighted by atomic mass is 14.8. The van der Waals surface area contributed by atoms with Crippen LogP contribution in [0.3, 0.4) is 0 Å². The van der Waals surface area contributed by atoms with Crippen molar-refractivity contribution in [1.82, 2.24) is 0 Å². The Bertz CT molecular complexity index is 1120. The minimum absolute atomic E-state index is 0.590. The summed E-state index contributed by atoms with van der Waals surface area (Å²) >= 11 is 0. The molecule has 2 nitrogen and oxygen atoms in total. The lowest BCUT2D eigenvalue weighted by molar-refractivity contribution is 1.46. The van der Waals surface area contributed by atoms with Crippen LogP contribution in [-0.2, 0) is 0 Å². The van der Waals surface area contributed by atoms with Gasteiger partial charge in [0.2, 0.25) is 5.39 Å². The Balaban J connectivity index is 0.000000275. The molecule has 0 aromatic heterocycles. The van der Waals surface area contributed by atoms with Crippen molar-refractivity contribution in [3.8, 4) is 0 Å². The minimum atomic E-state index is -1.22. The molecular weight excluding hydrogens is 399 g/mol. The molecule has 0 fully saturated rings. The van der Waals surface area contributed by atoms with Gasteiger partial charge in [0.05, 0.1) is 0 Å². The third-order valence-electron chi connectivity index (χ3n) is 6.07. The Hall–Kier alpha value is -4.42. The van der Waals surface area contributed by atoms with E-state index in [1.807, 2.05) is 18.2 Å². The predicted molar refractivity (Wildman–Crippen MR) is 141 cm³/mol. The minimum Gasteiger partial charge on any atom is -0.195 e. The summed E-state index contributed by atoms with van der Waals surface area (Å²) in [5.41, 5.74) is 5.95. The van der Waals surface area contributed by atoms with Crippen molar-refractivity contribution in [2.75, 3.05) is 0 Å². The van der Waals surface area contributed by atoms with Gasteiger partial charge in [-0.2, -0.15) is 21.9 Å². The highest BCUT2D eigenvalue weighted by Gasteiger charge is 2.30. The van der Waals surface area contributed by atoms with Crippen LogP contribution >= 0.6 is 0 Å². The Kier molecular flexibility index (Phi) is 7.10. The van der Waals surface area contributed by atoms with E-state index in [2.05, 4.69) is 126 Å². The molecule has 5 aromatic carbocycles. The Morgan fingerprint density at radius 3 is 0.818 bits per heavy atom.